The summed E-state index contributed by atoms with van der Waals surface area (Å²) in [6.45, 7) is 6.51. The first-order valence-corrected chi connectivity index (χ1v) is 8.27. The highest BCUT2D eigenvalue weighted by Gasteiger charge is 2.18. The maximum absolute atomic E-state index is 11.4. The van der Waals surface area contributed by atoms with Crippen LogP contribution in [0.1, 0.15) is 18.3 Å². The van der Waals surface area contributed by atoms with Gasteiger partial charge in [-0.05, 0) is 17.7 Å². The van der Waals surface area contributed by atoms with Crippen LogP contribution in [0.15, 0.2) is 36.7 Å². The molecule has 0 bridgehead atoms. The van der Waals surface area contributed by atoms with Gasteiger partial charge in [-0.15, -0.1) is 0 Å². The number of rotatable bonds is 5. The maximum Gasteiger partial charge on any atom is 0.219 e. The zero-order valence-electron chi connectivity index (χ0n) is 14.3. The van der Waals surface area contributed by atoms with Crippen molar-refractivity contribution in [2.24, 2.45) is 7.05 Å². The van der Waals surface area contributed by atoms with Gasteiger partial charge in [0.1, 0.15) is 18.2 Å². The fourth-order valence-corrected chi connectivity index (χ4v) is 2.85. The Morgan fingerprint density at radius 3 is 2.46 bits per heavy atom. The van der Waals surface area contributed by atoms with Gasteiger partial charge < -0.3 is 14.2 Å². The lowest BCUT2D eigenvalue weighted by Gasteiger charge is -2.34. The van der Waals surface area contributed by atoms with E-state index in [0.29, 0.717) is 6.61 Å². The molecular weight excluding hydrogens is 304 g/mol. The lowest BCUT2D eigenvalue weighted by Crippen LogP contribution is -2.47. The topological polar surface area (TPSA) is 50.6 Å². The minimum Gasteiger partial charge on any atom is -0.486 e. The molecule has 3 rings (SSSR count). The first kappa shape index (κ1) is 16.5. The number of aromatic nitrogens is 2. The molecule has 2 aromatic rings. The molecule has 1 aliphatic rings. The summed E-state index contributed by atoms with van der Waals surface area (Å²) in [6, 6.07) is 8.21. The average Bonchev–Trinajstić information content (AvgIpc) is 3.00. The molecule has 128 valence electrons. The minimum atomic E-state index is 0.170. The molecule has 0 aliphatic carbocycles. The van der Waals surface area contributed by atoms with Crippen molar-refractivity contribution in [3.8, 4) is 5.75 Å². The summed E-state index contributed by atoms with van der Waals surface area (Å²) >= 11 is 0. The predicted octanol–water partition coefficient (Wildman–Crippen LogP) is 1.66. The highest BCUT2D eigenvalue weighted by Crippen LogP contribution is 2.16. The van der Waals surface area contributed by atoms with Crippen molar-refractivity contribution in [3.63, 3.8) is 0 Å². The van der Waals surface area contributed by atoms with Gasteiger partial charge in [-0.3, -0.25) is 9.69 Å². The van der Waals surface area contributed by atoms with Crippen LogP contribution in [0.4, 0.5) is 0 Å². The van der Waals surface area contributed by atoms with Gasteiger partial charge in [-0.2, -0.15) is 0 Å². The van der Waals surface area contributed by atoms with Crippen molar-refractivity contribution >= 4 is 5.91 Å². The normalized spacial score (nSPS) is 15.5. The molecule has 1 saturated heterocycles. The largest absolute Gasteiger partial charge is 0.486 e. The highest BCUT2D eigenvalue weighted by atomic mass is 16.5. The summed E-state index contributed by atoms with van der Waals surface area (Å²) in [5.41, 5.74) is 1.26. The number of piperazine rings is 1. The van der Waals surface area contributed by atoms with E-state index in [9.17, 15) is 4.79 Å². The Balaban J connectivity index is 1.48. The van der Waals surface area contributed by atoms with Gasteiger partial charge in [0.05, 0.1) is 0 Å². The second-order valence-electron chi connectivity index (χ2n) is 6.17. The number of amides is 1. The molecule has 0 spiro atoms. The van der Waals surface area contributed by atoms with E-state index in [4.69, 9.17) is 4.74 Å². The SMILES string of the molecule is CC(=O)N1CCN(Cc2ccc(OCc3nccn3C)cc2)CC1. The molecule has 1 amide bonds. The number of benzene rings is 1. The molecule has 1 aromatic carbocycles. The Morgan fingerprint density at radius 1 is 1.17 bits per heavy atom. The van der Waals surface area contributed by atoms with Crippen molar-refractivity contribution in [2.75, 3.05) is 26.2 Å². The van der Waals surface area contributed by atoms with Crippen LogP contribution in [0, 0.1) is 0 Å². The van der Waals surface area contributed by atoms with Crippen molar-refractivity contribution in [1.29, 1.82) is 0 Å². The Hall–Kier alpha value is -2.34. The summed E-state index contributed by atoms with van der Waals surface area (Å²) in [7, 11) is 1.96. The average molecular weight is 328 g/mol. The molecule has 0 saturated carbocycles. The van der Waals surface area contributed by atoms with Crippen molar-refractivity contribution in [1.82, 2.24) is 19.4 Å². The summed E-state index contributed by atoms with van der Waals surface area (Å²) in [4.78, 5) is 19.9. The number of imidazole rings is 1. The molecule has 6 nitrogen and oxygen atoms in total. The Kier molecular flexibility index (Phi) is 5.15. The third-order valence-corrected chi connectivity index (χ3v) is 4.44. The van der Waals surface area contributed by atoms with Gasteiger partial charge in [-0.1, -0.05) is 12.1 Å². The van der Waals surface area contributed by atoms with Crippen LogP contribution in [-0.4, -0.2) is 51.4 Å². The zero-order chi connectivity index (χ0) is 16.9. The minimum absolute atomic E-state index is 0.170. The molecule has 0 N–H and O–H groups in total. The second-order valence-corrected chi connectivity index (χ2v) is 6.17. The fraction of sp³-hybridized carbons (Fsp3) is 0.444. The number of hydrogen-bond donors (Lipinski definition) is 0. The van der Waals surface area contributed by atoms with E-state index in [1.54, 1.807) is 13.1 Å². The number of aryl methyl sites for hydroxylation is 1. The van der Waals surface area contributed by atoms with Crippen LogP contribution < -0.4 is 4.74 Å². The molecule has 0 atom stereocenters. The molecule has 1 aromatic heterocycles. The second kappa shape index (κ2) is 7.49. The zero-order valence-corrected chi connectivity index (χ0v) is 14.3. The van der Waals surface area contributed by atoms with Crippen LogP contribution >= 0.6 is 0 Å². The number of carbonyl (C=O) groups excluding carboxylic acids is 1. The third kappa shape index (κ3) is 4.14. The first-order valence-electron chi connectivity index (χ1n) is 8.27. The van der Waals surface area contributed by atoms with Crippen molar-refractivity contribution in [2.45, 2.75) is 20.1 Å². The summed E-state index contributed by atoms with van der Waals surface area (Å²) in [5, 5.41) is 0. The van der Waals surface area contributed by atoms with Crippen molar-refractivity contribution < 1.29 is 9.53 Å². The number of hydrogen-bond acceptors (Lipinski definition) is 4. The van der Waals surface area contributed by atoms with Gasteiger partial charge in [0.2, 0.25) is 5.91 Å². The fourth-order valence-electron chi connectivity index (χ4n) is 2.85. The maximum atomic E-state index is 11.4. The molecule has 2 heterocycles. The number of carbonyl (C=O) groups is 1. The van der Waals surface area contributed by atoms with Gasteiger partial charge >= 0.3 is 0 Å². The molecule has 1 fully saturated rings. The van der Waals surface area contributed by atoms with E-state index in [-0.39, 0.29) is 5.91 Å². The molecular formula is C18H24N4O2. The van der Waals surface area contributed by atoms with Crippen LogP contribution in [0.25, 0.3) is 0 Å². The van der Waals surface area contributed by atoms with E-state index in [2.05, 4.69) is 22.0 Å². The van der Waals surface area contributed by atoms with Crippen LogP contribution in [-0.2, 0) is 25.0 Å². The van der Waals surface area contributed by atoms with Gasteiger partial charge in [-0.25, -0.2) is 4.98 Å². The van der Waals surface area contributed by atoms with Crippen LogP contribution in [0.2, 0.25) is 0 Å². The quantitative estimate of drug-likeness (QED) is 0.838. The van der Waals surface area contributed by atoms with Crippen LogP contribution in [0.5, 0.6) is 5.75 Å². The smallest absolute Gasteiger partial charge is 0.219 e. The first-order chi connectivity index (χ1) is 11.6. The number of nitrogens with zero attached hydrogens (tertiary/aromatic N) is 4. The Morgan fingerprint density at radius 2 is 1.88 bits per heavy atom. The standard InChI is InChI=1S/C18H24N4O2/c1-15(23)22-11-9-21(10-12-22)13-16-3-5-17(6-4-16)24-14-18-19-7-8-20(18)2/h3-8H,9-14H2,1-2H3. The summed E-state index contributed by atoms with van der Waals surface area (Å²) in [6.07, 6.45) is 3.68. The third-order valence-electron chi connectivity index (χ3n) is 4.44. The molecule has 24 heavy (non-hydrogen) atoms. The van der Waals surface area contributed by atoms with Crippen LogP contribution in [0.3, 0.4) is 0 Å². The van der Waals surface area contributed by atoms with Gasteiger partial charge in [0, 0.05) is 59.1 Å². The van der Waals surface area contributed by atoms with E-state index in [1.165, 1.54) is 5.56 Å². The highest BCUT2D eigenvalue weighted by molar-refractivity contribution is 5.73. The summed E-state index contributed by atoms with van der Waals surface area (Å²) < 4.78 is 7.73. The van der Waals surface area contributed by atoms with E-state index < -0.39 is 0 Å². The van der Waals surface area contributed by atoms with Crippen molar-refractivity contribution in [3.05, 3.63) is 48.0 Å². The molecule has 0 radical (unpaired) electrons. The van der Waals surface area contributed by atoms with E-state index >= 15 is 0 Å². The lowest BCUT2D eigenvalue weighted by molar-refractivity contribution is -0.130. The molecule has 1 aliphatic heterocycles. The van der Waals surface area contributed by atoms with E-state index in [0.717, 1.165) is 44.3 Å². The molecule has 0 unspecified atom stereocenters. The van der Waals surface area contributed by atoms with E-state index in [1.807, 2.05) is 34.8 Å². The summed E-state index contributed by atoms with van der Waals surface area (Å²) in [5.74, 6) is 1.93. The number of ether oxygens (including phenoxy) is 1. The monoisotopic (exact) mass is 328 g/mol. The van der Waals surface area contributed by atoms with Gasteiger partial charge in [0.15, 0.2) is 0 Å². The van der Waals surface area contributed by atoms with Gasteiger partial charge in [0.25, 0.3) is 0 Å². The lowest BCUT2D eigenvalue weighted by atomic mass is 10.2. The predicted molar refractivity (Wildman–Crippen MR) is 91.5 cm³/mol. The Bertz CT molecular complexity index is 673. The molecule has 6 heteroatoms. The Labute approximate surface area is 142 Å².